The lowest BCUT2D eigenvalue weighted by Gasteiger charge is -2.10. The normalized spacial score (nSPS) is 12.8. The summed E-state index contributed by atoms with van der Waals surface area (Å²) in [6, 6.07) is 10.1. The lowest BCUT2D eigenvalue weighted by atomic mass is 10.1. The van der Waals surface area contributed by atoms with Crippen molar-refractivity contribution in [3.05, 3.63) is 69.9 Å². The van der Waals surface area contributed by atoms with Crippen molar-refractivity contribution < 1.29 is 18.3 Å². The van der Waals surface area contributed by atoms with E-state index in [1.54, 1.807) is 18.2 Å². The van der Waals surface area contributed by atoms with E-state index in [4.69, 9.17) is 4.42 Å². The van der Waals surface area contributed by atoms with Crippen LogP contribution >= 0.6 is 15.9 Å². The van der Waals surface area contributed by atoms with Crippen LogP contribution in [0.3, 0.4) is 0 Å². The van der Waals surface area contributed by atoms with Crippen molar-refractivity contribution in [1.29, 1.82) is 0 Å². The molecule has 0 saturated carbocycles. The second-order valence-corrected chi connectivity index (χ2v) is 5.23. The van der Waals surface area contributed by atoms with Gasteiger partial charge in [0.05, 0.1) is 0 Å². The van der Waals surface area contributed by atoms with Crippen molar-refractivity contribution in [1.82, 2.24) is 0 Å². The number of para-hydroxylation sites is 1. The predicted octanol–water partition coefficient (Wildman–Crippen LogP) is 4.56. The van der Waals surface area contributed by atoms with E-state index in [1.807, 2.05) is 0 Å². The standard InChI is InChI=1S/C15H9BrF2O2/c16-11-7-9(17)4-5-10(11)14(19)13-6-8-2-1-3-12(18)15(8)20-13/h1-7,14,19H. The Balaban J connectivity index is 2.08. The number of fused-ring (bicyclic) bond motifs is 1. The number of benzene rings is 2. The molecule has 0 aliphatic carbocycles. The van der Waals surface area contributed by atoms with E-state index in [0.29, 0.717) is 15.4 Å². The largest absolute Gasteiger partial charge is 0.455 e. The van der Waals surface area contributed by atoms with Gasteiger partial charge in [0.15, 0.2) is 11.4 Å². The summed E-state index contributed by atoms with van der Waals surface area (Å²) in [5.41, 5.74) is 0.547. The van der Waals surface area contributed by atoms with Gasteiger partial charge in [-0.1, -0.05) is 34.1 Å². The highest BCUT2D eigenvalue weighted by atomic mass is 79.9. The molecule has 0 spiro atoms. The van der Waals surface area contributed by atoms with E-state index < -0.39 is 17.7 Å². The molecular formula is C15H9BrF2O2. The minimum atomic E-state index is -1.10. The van der Waals surface area contributed by atoms with Gasteiger partial charge in [-0.05, 0) is 24.3 Å². The fraction of sp³-hybridized carbons (Fsp3) is 0.0667. The highest BCUT2D eigenvalue weighted by Gasteiger charge is 2.19. The van der Waals surface area contributed by atoms with Crippen LogP contribution in [-0.2, 0) is 0 Å². The molecule has 5 heteroatoms. The average molecular weight is 339 g/mol. The monoisotopic (exact) mass is 338 g/mol. The Kier molecular flexibility index (Phi) is 3.31. The molecule has 2 aromatic carbocycles. The molecule has 1 atom stereocenters. The lowest BCUT2D eigenvalue weighted by molar-refractivity contribution is 0.191. The number of aliphatic hydroxyl groups is 1. The Bertz CT molecular complexity index is 783. The minimum absolute atomic E-state index is 0.0970. The Morgan fingerprint density at radius 1 is 1.10 bits per heavy atom. The number of furan rings is 1. The zero-order valence-corrected chi connectivity index (χ0v) is 11.7. The molecule has 1 aromatic heterocycles. The summed E-state index contributed by atoms with van der Waals surface area (Å²) in [4.78, 5) is 0. The first-order chi connectivity index (χ1) is 9.56. The molecule has 0 aliphatic rings. The van der Waals surface area contributed by atoms with Gasteiger partial charge >= 0.3 is 0 Å². The van der Waals surface area contributed by atoms with Crippen LogP contribution in [-0.4, -0.2) is 5.11 Å². The quantitative estimate of drug-likeness (QED) is 0.743. The third-order valence-electron chi connectivity index (χ3n) is 3.04. The highest BCUT2D eigenvalue weighted by Crippen LogP contribution is 2.33. The van der Waals surface area contributed by atoms with E-state index in [2.05, 4.69) is 15.9 Å². The van der Waals surface area contributed by atoms with Gasteiger partial charge in [-0.15, -0.1) is 0 Å². The van der Waals surface area contributed by atoms with E-state index >= 15 is 0 Å². The fourth-order valence-electron chi connectivity index (χ4n) is 2.06. The summed E-state index contributed by atoms with van der Waals surface area (Å²) < 4.78 is 32.4. The van der Waals surface area contributed by atoms with Crippen LogP contribution in [0.5, 0.6) is 0 Å². The molecule has 2 nitrogen and oxygen atoms in total. The first-order valence-corrected chi connectivity index (χ1v) is 6.66. The maximum Gasteiger partial charge on any atom is 0.170 e. The highest BCUT2D eigenvalue weighted by molar-refractivity contribution is 9.10. The molecular weight excluding hydrogens is 330 g/mol. The molecule has 3 rings (SSSR count). The Morgan fingerprint density at radius 3 is 2.60 bits per heavy atom. The van der Waals surface area contributed by atoms with Crippen LogP contribution in [0.2, 0.25) is 0 Å². The van der Waals surface area contributed by atoms with Crippen LogP contribution in [0.25, 0.3) is 11.0 Å². The summed E-state index contributed by atoms with van der Waals surface area (Å²) in [6.45, 7) is 0. The van der Waals surface area contributed by atoms with Gasteiger partial charge in [-0.3, -0.25) is 0 Å². The van der Waals surface area contributed by atoms with Crippen LogP contribution in [0.15, 0.2) is 51.4 Å². The summed E-state index contributed by atoms with van der Waals surface area (Å²) in [5, 5.41) is 10.9. The van der Waals surface area contributed by atoms with Crippen molar-refractivity contribution in [3.8, 4) is 0 Å². The topological polar surface area (TPSA) is 33.4 Å². The predicted molar refractivity (Wildman–Crippen MR) is 74.3 cm³/mol. The molecule has 0 fully saturated rings. The molecule has 1 heterocycles. The van der Waals surface area contributed by atoms with Crippen LogP contribution < -0.4 is 0 Å². The van der Waals surface area contributed by atoms with Crippen molar-refractivity contribution >= 4 is 26.9 Å². The van der Waals surface area contributed by atoms with Gasteiger partial charge in [0, 0.05) is 15.4 Å². The molecule has 1 N–H and O–H groups in total. The summed E-state index contributed by atoms with van der Waals surface area (Å²) in [6.07, 6.45) is -1.10. The van der Waals surface area contributed by atoms with Gasteiger partial charge in [0.2, 0.25) is 0 Å². The van der Waals surface area contributed by atoms with Gasteiger partial charge in [-0.25, -0.2) is 8.78 Å². The third kappa shape index (κ3) is 2.23. The molecule has 0 saturated heterocycles. The molecule has 0 radical (unpaired) electrons. The maximum atomic E-state index is 13.6. The van der Waals surface area contributed by atoms with E-state index in [9.17, 15) is 13.9 Å². The van der Waals surface area contributed by atoms with Crippen molar-refractivity contribution in [2.24, 2.45) is 0 Å². The molecule has 0 bridgehead atoms. The number of aliphatic hydroxyl groups excluding tert-OH is 1. The molecule has 0 aliphatic heterocycles. The van der Waals surface area contributed by atoms with Crippen LogP contribution in [0.4, 0.5) is 8.78 Å². The number of halogens is 3. The van der Waals surface area contributed by atoms with E-state index in [0.717, 1.165) is 0 Å². The smallest absolute Gasteiger partial charge is 0.170 e. The second kappa shape index (κ2) is 5.00. The van der Waals surface area contributed by atoms with Crippen LogP contribution in [0, 0.1) is 11.6 Å². The Morgan fingerprint density at radius 2 is 1.90 bits per heavy atom. The van der Waals surface area contributed by atoms with Gasteiger partial charge in [-0.2, -0.15) is 0 Å². The summed E-state index contributed by atoms with van der Waals surface area (Å²) in [5.74, 6) is -0.694. The minimum Gasteiger partial charge on any atom is -0.455 e. The maximum absolute atomic E-state index is 13.6. The Labute approximate surface area is 121 Å². The van der Waals surface area contributed by atoms with Crippen molar-refractivity contribution in [2.75, 3.05) is 0 Å². The van der Waals surface area contributed by atoms with Crippen LogP contribution in [0.1, 0.15) is 17.4 Å². The van der Waals surface area contributed by atoms with E-state index in [-0.39, 0.29) is 11.3 Å². The van der Waals surface area contributed by atoms with E-state index in [1.165, 1.54) is 24.3 Å². The fourth-order valence-corrected chi connectivity index (χ4v) is 2.63. The first-order valence-electron chi connectivity index (χ1n) is 5.87. The zero-order valence-electron chi connectivity index (χ0n) is 10.1. The summed E-state index contributed by atoms with van der Waals surface area (Å²) in [7, 11) is 0. The lowest BCUT2D eigenvalue weighted by Crippen LogP contribution is -1.99. The first kappa shape index (κ1) is 13.3. The number of hydrogen-bond donors (Lipinski definition) is 1. The number of hydrogen-bond acceptors (Lipinski definition) is 2. The third-order valence-corrected chi connectivity index (χ3v) is 3.73. The average Bonchev–Trinajstić information content (AvgIpc) is 2.83. The molecule has 3 aromatic rings. The molecule has 20 heavy (non-hydrogen) atoms. The van der Waals surface area contributed by atoms with Gasteiger partial charge < -0.3 is 9.52 Å². The second-order valence-electron chi connectivity index (χ2n) is 4.38. The molecule has 0 amide bonds. The van der Waals surface area contributed by atoms with Gasteiger partial charge in [0.25, 0.3) is 0 Å². The van der Waals surface area contributed by atoms with Gasteiger partial charge in [0.1, 0.15) is 17.7 Å². The molecule has 1 unspecified atom stereocenters. The molecule has 102 valence electrons. The van der Waals surface area contributed by atoms with Crippen molar-refractivity contribution in [2.45, 2.75) is 6.10 Å². The Hall–Kier alpha value is -1.72. The number of rotatable bonds is 2. The van der Waals surface area contributed by atoms with Crippen molar-refractivity contribution in [3.63, 3.8) is 0 Å². The summed E-state index contributed by atoms with van der Waals surface area (Å²) >= 11 is 3.19. The SMILES string of the molecule is OC(c1cc2cccc(F)c2o1)c1ccc(F)cc1Br. The zero-order chi connectivity index (χ0) is 14.3.